The Hall–Kier alpha value is -1.49. The second-order valence-corrected chi connectivity index (χ2v) is 4.80. The average molecular weight is 265 g/mol. The predicted molar refractivity (Wildman–Crippen MR) is 74.1 cm³/mol. The molecule has 0 aliphatic carbocycles. The van der Waals surface area contributed by atoms with Crippen LogP contribution in [0.3, 0.4) is 0 Å². The summed E-state index contributed by atoms with van der Waals surface area (Å²) in [7, 11) is 0. The molecular formula is C14H23N3O2. The zero-order chi connectivity index (χ0) is 13.5. The fourth-order valence-corrected chi connectivity index (χ4v) is 2.36. The number of carbonyl (C=O) groups is 1. The van der Waals surface area contributed by atoms with Gasteiger partial charge in [0.2, 0.25) is 0 Å². The first-order chi connectivity index (χ1) is 9.29. The predicted octanol–water partition coefficient (Wildman–Crippen LogP) is 1.65. The number of aryl methyl sites for hydroxylation is 1. The molecule has 5 nitrogen and oxygen atoms in total. The zero-order valence-electron chi connectivity index (χ0n) is 11.6. The molecule has 0 N–H and O–H groups in total. The molecule has 0 saturated carbocycles. The first-order valence-electron chi connectivity index (χ1n) is 7.04. The summed E-state index contributed by atoms with van der Waals surface area (Å²) in [6, 6.07) is 4.11. The zero-order valence-corrected chi connectivity index (χ0v) is 11.6. The lowest BCUT2D eigenvalue weighted by atomic mass is 10.3. The van der Waals surface area contributed by atoms with Crippen LogP contribution in [0.4, 0.5) is 4.79 Å². The SMILES string of the molecule is CCOC(=O)N1CCN(CCCn2cccc2)CC1. The molecule has 0 spiro atoms. The van der Waals surface area contributed by atoms with Crippen LogP contribution in [-0.2, 0) is 11.3 Å². The maximum Gasteiger partial charge on any atom is 0.409 e. The molecule has 1 aliphatic heterocycles. The van der Waals surface area contributed by atoms with Gasteiger partial charge in [0.05, 0.1) is 6.61 Å². The van der Waals surface area contributed by atoms with Crippen LogP contribution in [0.25, 0.3) is 0 Å². The van der Waals surface area contributed by atoms with E-state index in [1.165, 1.54) is 0 Å². The number of carbonyl (C=O) groups excluding carboxylic acids is 1. The van der Waals surface area contributed by atoms with Crippen molar-refractivity contribution in [2.75, 3.05) is 39.3 Å². The molecule has 1 aromatic rings. The third-order valence-corrected chi connectivity index (χ3v) is 3.46. The molecule has 1 amide bonds. The van der Waals surface area contributed by atoms with Crippen LogP contribution < -0.4 is 0 Å². The normalized spacial score (nSPS) is 16.6. The number of hydrogen-bond acceptors (Lipinski definition) is 3. The van der Waals surface area contributed by atoms with Crippen LogP contribution in [0.5, 0.6) is 0 Å². The second kappa shape index (κ2) is 7.19. The monoisotopic (exact) mass is 265 g/mol. The van der Waals surface area contributed by atoms with E-state index in [-0.39, 0.29) is 6.09 Å². The number of aromatic nitrogens is 1. The van der Waals surface area contributed by atoms with Crippen molar-refractivity contribution in [1.82, 2.24) is 14.4 Å². The van der Waals surface area contributed by atoms with Crippen molar-refractivity contribution in [3.8, 4) is 0 Å². The van der Waals surface area contributed by atoms with E-state index in [1.54, 1.807) is 4.90 Å². The van der Waals surface area contributed by atoms with Gasteiger partial charge in [-0.15, -0.1) is 0 Å². The lowest BCUT2D eigenvalue weighted by molar-refractivity contribution is 0.0791. The van der Waals surface area contributed by atoms with E-state index in [9.17, 15) is 4.79 Å². The van der Waals surface area contributed by atoms with Crippen molar-refractivity contribution >= 4 is 6.09 Å². The molecule has 0 bridgehead atoms. The fraction of sp³-hybridized carbons (Fsp3) is 0.643. The van der Waals surface area contributed by atoms with Crippen molar-refractivity contribution in [3.05, 3.63) is 24.5 Å². The lowest BCUT2D eigenvalue weighted by Crippen LogP contribution is -2.49. The highest BCUT2D eigenvalue weighted by molar-refractivity contribution is 5.67. The van der Waals surface area contributed by atoms with Gasteiger partial charge in [0.15, 0.2) is 0 Å². The minimum atomic E-state index is -0.172. The summed E-state index contributed by atoms with van der Waals surface area (Å²) in [4.78, 5) is 15.8. The molecule has 19 heavy (non-hydrogen) atoms. The third-order valence-electron chi connectivity index (χ3n) is 3.46. The topological polar surface area (TPSA) is 37.7 Å². The van der Waals surface area contributed by atoms with E-state index in [1.807, 2.05) is 6.92 Å². The molecule has 1 fully saturated rings. The summed E-state index contributed by atoms with van der Waals surface area (Å²) in [6.07, 6.45) is 5.17. The minimum Gasteiger partial charge on any atom is -0.450 e. The smallest absolute Gasteiger partial charge is 0.409 e. The van der Waals surface area contributed by atoms with E-state index in [0.717, 1.165) is 45.7 Å². The molecule has 106 valence electrons. The maximum atomic E-state index is 11.6. The summed E-state index contributed by atoms with van der Waals surface area (Å²) in [5.74, 6) is 0. The highest BCUT2D eigenvalue weighted by Gasteiger charge is 2.21. The van der Waals surface area contributed by atoms with E-state index in [4.69, 9.17) is 4.74 Å². The third kappa shape index (κ3) is 4.28. The Bertz CT molecular complexity index is 370. The van der Waals surface area contributed by atoms with Crippen LogP contribution in [-0.4, -0.2) is 59.8 Å². The van der Waals surface area contributed by atoms with Crippen LogP contribution in [0, 0.1) is 0 Å². The standard InChI is InChI=1S/C14H23N3O2/c1-2-19-14(18)17-12-10-16(11-13-17)9-5-8-15-6-3-4-7-15/h3-4,6-7H,2,5,8-13H2,1H3. The molecule has 1 saturated heterocycles. The summed E-state index contributed by atoms with van der Waals surface area (Å²) in [6.45, 7) is 7.91. The van der Waals surface area contributed by atoms with E-state index >= 15 is 0 Å². The van der Waals surface area contributed by atoms with Gasteiger partial charge in [-0.25, -0.2) is 4.79 Å². The van der Waals surface area contributed by atoms with Gasteiger partial charge < -0.3 is 14.2 Å². The molecule has 2 rings (SSSR count). The molecule has 0 radical (unpaired) electrons. The number of piperazine rings is 1. The van der Waals surface area contributed by atoms with Crippen LogP contribution >= 0.6 is 0 Å². The van der Waals surface area contributed by atoms with Gasteiger partial charge in [-0.2, -0.15) is 0 Å². The summed E-state index contributed by atoms with van der Waals surface area (Å²) < 4.78 is 7.22. The lowest BCUT2D eigenvalue weighted by Gasteiger charge is -2.34. The van der Waals surface area contributed by atoms with E-state index in [0.29, 0.717) is 6.61 Å². The van der Waals surface area contributed by atoms with Crippen LogP contribution in [0.15, 0.2) is 24.5 Å². The Morgan fingerprint density at radius 2 is 1.79 bits per heavy atom. The number of hydrogen-bond donors (Lipinski definition) is 0. The van der Waals surface area contributed by atoms with Crippen LogP contribution in [0.1, 0.15) is 13.3 Å². The number of ether oxygens (including phenoxy) is 1. The van der Waals surface area contributed by atoms with Crippen molar-refractivity contribution < 1.29 is 9.53 Å². The van der Waals surface area contributed by atoms with Gasteiger partial charge in [0.25, 0.3) is 0 Å². The average Bonchev–Trinajstić information content (AvgIpc) is 2.93. The van der Waals surface area contributed by atoms with Crippen molar-refractivity contribution in [1.29, 1.82) is 0 Å². The van der Waals surface area contributed by atoms with Crippen molar-refractivity contribution in [3.63, 3.8) is 0 Å². The minimum absolute atomic E-state index is 0.172. The Balaban J connectivity index is 1.62. The quantitative estimate of drug-likeness (QED) is 0.812. The summed E-state index contributed by atoms with van der Waals surface area (Å²) in [5.41, 5.74) is 0. The Kier molecular flexibility index (Phi) is 5.27. The maximum absolute atomic E-state index is 11.6. The van der Waals surface area contributed by atoms with E-state index < -0.39 is 0 Å². The number of nitrogens with zero attached hydrogens (tertiary/aromatic N) is 3. The molecule has 1 aromatic heterocycles. The van der Waals surface area contributed by atoms with E-state index in [2.05, 4.69) is 34.0 Å². The van der Waals surface area contributed by atoms with Gasteiger partial charge in [-0.3, -0.25) is 4.90 Å². The van der Waals surface area contributed by atoms with Gasteiger partial charge >= 0.3 is 6.09 Å². The highest BCUT2D eigenvalue weighted by atomic mass is 16.6. The van der Waals surface area contributed by atoms with Gasteiger partial charge in [0.1, 0.15) is 0 Å². The molecule has 5 heteroatoms. The molecule has 0 aromatic carbocycles. The fourth-order valence-electron chi connectivity index (χ4n) is 2.36. The van der Waals surface area contributed by atoms with Gasteiger partial charge in [-0.1, -0.05) is 0 Å². The van der Waals surface area contributed by atoms with Crippen molar-refractivity contribution in [2.24, 2.45) is 0 Å². The van der Waals surface area contributed by atoms with Gasteiger partial charge in [-0.05, 0) is 32.0 Å². The summed E-state index contributed by atoms with van der Waals surface area (Å²) >= 11 is 0. The Labute approximate surface area is 114 Å². The molecule has 0 atom stereocenters. The van der Waals surface area contributed by atoms with Gasteiger partial charge in [0, 0.05) is 45.1 Å². The van der Waals surface area contributed by atoms with Crippen molar-refractivity contribution in [2.45, 2.75) is 19.9 Å². The molecule has 1 aliphatic rings. The Morgan fingerprint density at radius 3 is 2.42 bits per heavy atom. The summed E-state index contributed by atoms with van der Waals surface area (Å²) in [5, 5.41) is 0. The number of amides is 1. The first kappa shape index (κ1) is 13.9. The number of rotatable bonds is 5. The molecule has 0 unspecified atom stereocenters. The first-order valence-corrected chi connectivity index (χ1v) is 7.04. The molecule has 2 heterocycles. The van der Waals surface area contributed by atoms with Crippen LogP contribution in [0.2, 0.25) is 0 Å². The largest absolute Gasteiger partial charge is 0.450 e. The Morgan fingerprint density at radius 1 is 1.11 bits per heavy atom. The highest BCUT2D eigenvalue weighted by Crippen LogP contribution is 2.05. The second-order valence-electron chi connectivity index (χ2n) is 4.80. The molecular weight excluding hydrogens is 242 g/mol.